The Bertz CT molecular complexity index is 625. The topological polar surface area (TPSA) is 68.5 Å². The summed E-state index contributed by atoms with van der Waals surface area (Å²) in [5, 5.41) is 7.50. The molecule has 0 bridgehead atoms. The zero-order chi connectivity index (χ0) is 16.1. The Morgan fingerprint density at radius 3 is 2.87 bits per heavy atom. The summed E-state index contributed by atoms with van der Waals surface area (Å²) < 4.78 is 10.8. The maximum absolute atomic E-state index is 12.4. The fourth-order valence-corrected chi connectivity index (χ4v) is 2.97. The van der Waals surface area contributed by atoms with Gasteiger partial charge in [-0.1, -0.05) is 6.92 Å². The molecular formula is C17H21N3O3. The number of carbonyl (C=O) groups excluding carboxylic acids is 1. The number of benzene rings is 1. The smallest absolute Gasteiger partial charge is 0.260 e. The van der Waals surface area contributed by atoms with Crippen LogP contribution >= 0.6 is 0 Å². The van der Waals surface area contributed by atoms with Crippen molar-refractivity contribution in [2.24, 2.45) is 0 Å². The number of nitrogens with zero attached hydrogens (tertiary/aromatic N) is 3. The summed E-state index contributed by atoms with van der Waals surface area (Å²) in [5.41, 5.74) is 0.822. The highest BCUT2D eigenvalue weighted by molar-refractivity contribution is 5.78. The molecule has 1 aromatic carbocycles. The number of aromatic nitrogens is 2. The first-order chi connectivity index (χ1) is 11.3. The second kappa shape index (κ2) is 7.26. The van der Waals surface area contributed by atoms with E-state index in [1.807, 2.05) is 17.0 Å². The van der Waals surface area contributed by atoms with Crippen molar-refractivity contribution in [2.45, 2.75) is 38.6 Å². The Hall–Kier alpha value is -2.37. The van der Waals surface area contributed by atoms with Gasteiger partial charge in [-0.25, -0.2) is 0 Å². The van der Waals surface area contributed by atoms with Gasteiger partial charge in [0.2, 0.25) is 12.3 Å². The lowest BCUT2D eigenvalue weighted by Gasteiger charge is -2.35. The van der Waals surface area contributed by atoms with Gasteiger partial charge in [0.25, 0.3) is 5.91 Å². The number of hydrogen-bond acceptors (Lipinski definition) is 5. The molecule has 6 heteroatoms. The molecule has 0 saturated carbocycles. The number of hydrogen-bond donors (Lipinski definition) is 0. The summed E-state index contributed by atoms with van der Waals surface area (Å²) in [6.07, 6.45) is 5.69. The molecule has 1 fully saturated rings. The van der Waals surface area contributed by atoms with Crippen molar-refractivity contribution in [3.63, 3.8) is 0 Å². The molecule has 1 aromatic heterocycles. The van der Waals surface area contributed by atoms with E-state index >= 15 is 0 Å². The van der Waals surface area contributed by atoms with Gasteiger partial charge in [0.1, 0.15) is 5.75 Å². The molecular weight excluding hydrogens is 294 g/mol. The van der Waals surface area contributed by atoms with E-state index in [2.05, 4.69) is 17.1 Å². The maximum atomic E-state index is 12.4. The molecule has 1 saturated heterocycles. The van der Waals surface area contributed by atoms with Crippen molar-refractivity contribution in [2.75, 3.05) is 13.2 Å². The fraction of sp³-hybridized carbons (Fsp3) is 0.471. The van der Waals surface area contributed by atoms with E-state index in [4.69, 9.17) is 9.15 Å². The zero-order valence-electron chi connectivity index (χ0n) is 13.3. The molecule has 0 unspecified atom stereocenters. The van der Waals surface area contributed by atoms with E-state index in [0.29, 0.717) is 17.7 Å². The summed E-state index contributed by atoms with van der Waals surface area (Å²) in [7, 11) is 0. The molecule has 0 spiro atoms. The minimum atomic E-state index is 0.0672. The van der Waals surface area contributed by atoms with E-state index in [9.17, 15) is 4.79 Å². The lowest BCUT2D eigenvalue weighted by atomic mass is 10.00. The van der Waals surface area contributed by atoms with E-state index in [1.54, 1.807) is 12.1 Å². The van der Waals surface area contributed by atoms with Gasteiger partial charge < -0.3 is 14.1 Å². The number of carbonyl (C=O) groups is 1. The largest absolute Gasteiger partial charge is 0.484 e. The Morgan fingerprint density at radius 1 is 1.35 bits per heavy atom. The lowest BCUT2D eigenvalue weighted by molar-refractivity contribution is -0.137. The van der Waals surface area contributed by atoms with E-state index in [1.165, 1.54) is 12.8 Å². The molecule has 1 aliphatic heterocycles. The Balaban J connectivity index is 1.56. The number of likely N-dealkylation sites (tertiary alicyclic amines) is 1. The second-order valence-corrected chi connectivity index (χ2v) is 5.70. The van der Waals surface area contributed by atoms with Crippen LogP contribution < -0.4 is 4.74 Å². The third-order valence-electron chi connectivity index (χ3n) is 4.24. The molecule has 1 amide bonds. The van der Waals surface area contributed by atoms with Crippen LogP contribution in [0.15, 0.2) is 35.1 Å². The van der Waals surface area contributed by atoms with Gasteiger partial charge in [0, 0.05) is 18.2 Å². The van der Waals surface area contributed by atoms with Gasteiger partial charge in [-0.15, -0.1) is 10.2 Å². The van der Waals surface area contributed by atoms with Crippen molar-refractivity contribution in [3.05, 3.63) is 30.7 Å². The van der Waals surface area contributed by atoms with Crippen LogP contribution in [0.5, 0.6) is 5.75 Å². The van der Waals surface area contributed by atoms with Gasteiger partial charge >= 0.3 is 0 Å². The highest BCUT2D eigenvalue weighted by Gasteiger charge is 2.25. The summed E-state index contributed by atoms with van der Waals surface area (Å²) in [6, 6.07) is 7.65. The van der Waals surface area contributed by atoms with Crippen molar-refractivity contribution in [1.29, 1.82) is 0 Å². The van der Waals surface area contributed by atoms with Gasteiger partial charge in [0.15, 0.2) is 6.61 Å². The molecule has 2 heterocycles. The quantitative estimate of drug-likeness (QED) is 0.848. The third-order valence-corrected chi connectivity index (χ3v) is 4.24. The molecule has 2 aromatic rings. The highest BCUT2D eigenvalue weighted by atomic mass is 16.5. The van der Waals surface area contributed by atoms with Gasteiger partial charge in [-0.2, -0.15) is 0 Å². The van der Waals surface area contributed by atoms with Crippen molar-refractivity contribution in [3.8, 4) is 17.2 Å². The Labute approximate surface area is 135 Å². The van der Waals surface area contributed by atoms with E-state index < -0.39 is 0 Å². The standard InChI is InChI=1S/C17H21N3O3/c1-2-14-5-3-4-10-20(14)16(21)11-22-15-8-6-13(7-9-15)17-19-18-12-23-17/h6-9,12,14H,2-5,10-11H2,1H3/t14-/m1/s1. The number of piperidine rings is 1. The first-order valence-corrected chi connectivity index (χ1v) is 8.07. The van der Waals surface area contributed by atoms with Crippen LogP contribution in [-0.4, -0.2) is 40.2 Å². The first-order valence-electron chi connectivity index (χ1n) is 8.07. The summed E-state index contributed by atoms with van der Waals surface area (Å²) in [4.78, 5) is 14.3. The van der Waals surface area contributed by atoms with Crippen LogP contribution in [0.2, 0.25) is 0 Å². The van der Waals surface area contributed by atoms with Gasteiger partial charge in [0.05, 0.1) is 0 Å². The molecule has 122 valence electrons. The van der Waals surface area contributed by atoms with Crippen molar-refractivity contribution >= 4 is 5.91 Å². The molecule has 1 aliphatic rings. The zero-order valence-corrected chi connectivity index (χ0v) is 13.3. The molecule has 23 heavy (non-hydrogen) atoms. The average molecular weight is 315 g/mol. The monoisotopic (exact) mass is 315 g/mol. The fourth-order valence-electron chi connectivity index (χ4n) is 2.97. The SMILES string of the molecule is CC[C@@H]1CCCCN1C(=O)COc1ccc(-c2nnco2)cc1. The minimum Gasteiger partial charge on any atom is -0.484 e. The summed E-state index contributed by atoms with van der Waals surface area (Å²) in [6.45, 7) is 3.06. The van der Waals surface area contributed by atoms with Crippen LogP contribution in [0.3, 0.4) is 0 Å². The average Bonchev–Trinajstić information content (AvgIpc) is 3.14. The lowest BCUT2D eigenvalue weighted by Crippen LogP contribution is -2.45. The predicted octanol–water partition coefficient (Wildman–Crippen LogP) is 2.91. The van der Waals surface area contributed by atoms with E-state index in [0.717, 1.165) is 31.4 Å². The van der Waals surface area contributed by atoms with Crippen LogP contribution in [0.25, 0.3) is 11.5 Å². The van der Waals surface area contributed by atoms with Crippen LogP contribution in [0.1, 0.15) is 32.6 Å². The van der Waals surface area contributed by atoms with Gasteiger partial charge in [-0.05, 0) is 49.9 Å². The number of rotatable bonds is 5. The Morgan fingerprint density at radius 2 is 2.17 bits per heavy atom. The molecule has 0 radical (unpaired) electrons. The molecule has 3 rings (SSSR count). The maximum Gasteiger partial charge on any atom is 0.260 e. The normalized spacial score (nSPS) is 18.0. The van der Waals surface area contributed by atoms with E-state index in [-0.39, 0.29) is 12.5 Å². The minimum absolute atomic E-state index is 0.0672. The number of ether oxygens (including phenoxy) is 1. The second-order valence-electron chi connectivity index (χ2n) is 5.70. The molecule has 0 aliphatic carbocycles. The third kappa shape index (κ3) is 3.70. The van der Waals surface area contributed by atoms with Crippen molar-refractivity contribution in [1.82, 2.24) is 15.1 Å². The molecule has 0 N–H and O–H groups in total. The summed E-state index contributed by atoms with van der Waals surface area (Å²) >= 11 is 0. The van der Waals surface area contributed by atoms with Crippen molar-refractivity contribution < 1.29 is 13.9 Å². The van der Waals surface area contributed by atoms with Crippen LogP contribution in [0.4, 0.5) is 0 Å². The molecule has 6 nitrogen and oxygen atoms in total. The summed E-state index contributed by atoms with van der Waals surface area (Å²) in [5.74, 6) is 1.19. The first kappa shape index (κ1) is 15.5. The Kier molecular flexibility index (Phi) is 4.90. The predicted molar refractivity (Wildman–Crippen MR) is 84.9 cm³/mol. The van der Waals surface area contributed by atoms with Gasteiger partial charge in [-0.3, -0.25) is 4.79 Å². The highest BCUT2D eigenvalue weighted by Crippen LogP contribution is 2.22. The molecule has 1 atom stereocenters. The van der Waals surface area contributed by atoms with Crippen LogP contribution in [-0.2, 0) is 4.79 Å². The van der Waals surface area contributed by atoms with Crippen LogP contribution in [0, 0.1) is 0 Å². The number of amides is 1.